The zero-order valence-corrected chi connectivity index (χ0v) is 20.6. The summed E-state index contributed by atoms with van der Waals surface area (Å²) in [6.45, 7) is 0. The highest BCUT2D eigenvalue weighted by molar-refractivity contribution is 7.79. The van der Waals surface area contributed by atoms with E-state index in [1.54, 1.807) is 59.6 Å². The third-order valence-corrected chi connectivity index (χ3v) is 3.52. The van der Waals surface area contributed by atoms with Gasteiger partial charge in [0.1, 0.15) is 0 Å². The molecule has 0 aliphatic heterocycles. The zero-order valence-electron chi connectivity index (χ0n) is 18.9. The van der Waals surface area contributed by atoms with E-state index in [0.717, 1.165) is 5.69 Å². The zero-order chi connectivity index (χ0) is 24.6. The van der Waals surface area contributed by atoms with Gasteiger partial charge in [0.25, 0.3) is 0 Å². The average molecular weight is 495 g/mol. The Balaban J connectivity index is 0.000000258. The highest BCUT2D eigenvalue weighted by Crippen LogP contribution is 2.13. The molecular weight excluding hydrogens is 468 g/mol. The highest BCUT2D eigenvalue weighted by atomic mass is 35.5. The summed E-state index contributed by atoms with van der Waals surface area (Å²) >= 11 is 8.95. The van der Waals surface area contributed by atoms with E-state index in [1.165, 1.54) is 13.3 Å². The largest absolute Gasteiger partial charge is 0.481 e. The molecule has 4 aromatic heterocycles. The van der Waals surface area contributed by atoms with Crippen LogP contribution in [0.5, 0.6) is 11.8 Å². The molecule has 0 unspecified atom stereocenters. The van der Waals surface area contributed by atoms with Crippen LogP contribution in [0.15, 0.2) is 49.3 Å². The van der Waals surface area contributed by atoms with Crippen LogP contribution in [0.25, 0.3) is 0 Å². The summed E-state index contributed by atoms with van der Waals surface area (Å²) in [6, 6.07) is 3.32. The van der Waals surface area contributed by atoms with Crippen LogP contribution in [-0.4, -0.2) is 60.0 Å². The lowest BCUT2D eigenvalue weighted by molar-refractivity contribution is 0.397. The van der Waals surface area contributed by atoms with Crippen LogP contribution in [0.3, 0.4) is 0 Å². The average Bonchev–Trinajstić information content (AvgIpc) is 3.42. The third-order valence-electron chi connectivity index (χ3n) is 3.33. The number of anilines is 3. The second-order valence-electron chi connectivity index (χ2n) is 5.77. The van der Waals surface area contributed by atoms with E-state index >= 15 is 0 Å². The molecule has 0 fully saturated rings. The quantitative estimate of drug-likeness (QED) is 0.286. The Bertz CT molecular complexity index is 1060. The van der Waals surface area contributed by atoms with Crippen molar-refractivity contribution in [3.8, 4) is 11.8 Å². The number of hydrogen-bond donors (Lipinski definition) is 3. The van der Waals surface area contributed by atoms with Gasteiger partial charge < -0.3 is 20.5 Å². The van der Waals surface area contributed by atoms with Gasteiger partial charge in [-0.2, -0.15) is 32.8 Å². The number of ether oxygens (including phenoxy) is 2. The van der Waals surface area contributed by atoms with E-state index in [9.17, 15) is 0 Å². The number of methoxy groups -OCH3 is 2. The van der Waals surface area contributed by atoms with E-state index in [2.05, 4.69) is 48.1 Å². The predicted octanol–water partition coefficient (Wildman–Crippen LogP) is 2.65. The summed E-state index contributed by atoms with van der Waals surface area (Å²) in [5.41, 5.74) is 6.84. The molecule has 4 aromatic rings. The maximum absolute atomic E-state index is 5.42. The lowest BCUT2D eigenvalue weighted by Crippen LogP contribution is -1.97. The molecule has 0 saturated heterocycles. The van der Waals surface area contributed by atoms with Gasteiger partial charge in [-0.05, 0) is 17.9 Å². The monoisotopic (exact) mass is 494 g/mol. The number of nitrogens with two attached hydrogens (primary N) is 1. The Labute approximate surface area is 202 Å². The first-order valence-electron chi connectivity index (χ1n) is 9.23. The van der Waals surface area contributed by atoms with Gasteiger partial charge in [0, 0.05) is 51.0 Å². The molecule has 0 saturated carbocycles. The maximum atomic E-state index is 5.42. The van der Waals surface area contributed by atoms with Crippen molar-refractivity contribution in [2.24, 2.45) is 14.1 Å². The Hall–Kier alpha value is -3.58. The van der Waals surface area contributed by atoms with Crippen molar-refractivity contribution < 1.29 is 9.47 Å². The van der Waals surface area contributed by atoms with Crippen molar-refractivity contribution in [1.29, 1.82) is 0 Å². The first kappa shape index (κ1) is 27.5. The van der Waals surface area contributed by atoms with Crippen molar-refractivity contribution in [1.82, 2.24) is 39.5 Å². The van der Waals surface area contributed by atoms with E-state index in [1.807, 2.05) is 20.3 Å². The smallest absolute Gasteiger partial charge is 0.230 e. The molecule has 0 amide bonds. The van der Waals surface area contributed by atoms with Crippen LogP contribution >= 0.6 is 24.2 Å². The van der Waals surface area contributed by atoms with Gasteiger partial charge in [-0.3, -0.25) is 9.36 Å². The van der Waals surface area contributed by atoms with Gasteiger partial charge in [-0.25, -0.2) is 9.97 Å². The summed E-state index contributed by atoms with van der Waals surface area (Å²) in [5.74, 6) is 1.49. The summed E-state index contributed by atoms with van der Waals surface area (Å²) in [5, 5.41) is 11.0. The van der Waals surface area contributed by atoms with Crippen molar-refractivity contribution in [2.75, 3.05) is 31.5 Å². The van der Waals surface area contributed by atoms with E-state index in [-0.39, 0.29) is 5.28 Å². The number of rotatable bonds is 4. The lowest BCUT2D eigenvalue weighted by Gasteiger charge is -2.02. The predicted molar refractivity (Wildman–Crippen MR) is 131 cm³/mol. The van der Waals surface area contributed by atoms with Crippen molar-refractivity contribution in [3.63, 3.8) is 0 Å². The van der Waals surface area contributed by atoms with Crippen LogP contribution < -0.4 is 20.5 Å². The molecular formula is C19H27ClN10O2S. The number of hydrogen-bond acceptors (Lipinski definition) is 11. The molecule has 0 aliphatic rings. The minimum atomic E-state index is 0.203. The summed E-state index contributed by atoms with van der Waals surface area (Å²) in [6.07, 6.45) is 11.8. The van der Waals surface area contributed by atoms with Gasteiger partial charge in [-0.1, -0.05) is 0 Å². The van der Waals surface area contributed by atoms with Gasteiger partial charge in [0.15, 0.2) is 0 Å². The molecule has 0 radical (unpaired) electrons. The number of nitrogen functional groups attached to an aromatic ring is 1. The first-order chi connectivity index (χ1) is 15.9. The Morgan fingerprint density at radius 3 is 1.91 bits per heavy atom. The third kappa shape index (κ3) is 11.0. The number of halogens is 1. The minimum Gasteiger partial charge on any atom is -0.481 e. The van der Waals surface area contributed by atoms with E-state index < -0.39 is 0 Å². The molecule has 178 valence electrons. The Morgan fingerprint density at radius 2 is 1.48 bits per heavy atom. The number of nitrogens with zero attached hydrogens (tertiary/aromatic N) is 8. The Kier molecular flexibility index (Phi) is 12.7. The van der Waals surface area contributed by atoms with Gasteiger partial charge >= 0.3 is 0 Å². The molecule has 33 heavy (non-hydrogen) atoms. The maximum Gasteiger partial charge on any atom is 0.230 e. The number of aryl methyl sites for hydroxylation is 2. The van der Waals surface area contributed by atoms with Gasteiger partial charge in [-0.15, -0.1) is 0 Å². The minimum absolute atomic E-state index is 0.203. The number of thiol groups is 1. The lowest BCUT2D eigenvalue weighted by atomic mass is 10.5. The summed E-state index contributed by atoms with van der Waals surface area (Å²) in [7, 11) is 6.77. The molecule has 0 atom stereocenters. The van der Waals surface area contributed by atoms with Crippen molar-refractivity contribution >= 4 is 41.6 Å². The fraction of sp³-hybridized carbons (Fsp3) is 0.263. The van der Waals surface area contributed by atoms with Crippen molar-refractivity contribution in [3.05, 3.63) is 54.6 Å². The topological polar surface area (TPSA) is 144 Å². The molecule has 0 aliphatic carbocycles. The van der Waals surface area contributed by atoms with Gasteiger partial charge in [0.2, 0.25) is 23.0 Å². The van der Waals surface area contributed by atoms with Crippen LogP contribution in [0.4, 0.5) is 17.3 Å². The molecule has 0 spiro atoms. The van der Waals surface area contributed by atoms with E-state index in [0.29, 0.717) is 23.4 Å². The van der Waals surface area contributed by atoms with Crippen LogP contribution in [0, 0.1) is 0 Å². The summed E-state index contributed by atoms with van der Waals surface area (Å²) < 4.78 is 13.1. The standard InChI is InChI=1S/C9H11N5O.C5H5ClN2O.C4H7N3.CH4S/c1-14-6-7(5-11-14)12-9-10-4-3-8(13-9)15-2;1-9-4-2-3-7-5(6)8-4;1-7-3-4(5)2-6-7;1-2/h3-6H,1-2H3,(H,10,12,13);2-3H,1H3;2-3H,5H2,1H3;2H,1H3. The summed E-state index contributed by atoms with van der Waals surface area (Å²) in [4.78, 5) is 15.6. The molecule has 4 heterocycles. The molecule has 0 bridgehead atoms. The fourth-order valence-corrected chi connectivity index (χ4v) is 2.14. The van der Waals surface area contributed by atoms with Crippen LogP contribution in [0.2, 0.25) is 5.28 Å². The van der Waals surface area contributed by atoms with Crippen LogP contribution in [0.1, 0.15) is 0 Å². The molecule has 0 aromatic carbocycles. The highest BCUT2D eigenvalue weighted by Gasteiger charge is 2.01. The first-order valence-corrected chi connectivity index (χ1v) is 10.5. The molecule has 4 rings (SSSR count). The Morgan fingerprint density at radius 1 is 0.909 bits per heavy atom. The molecule has 3 N–H and O–H groups in total. The molecule has 14 heteroatoms. The van der Waals surface area contributed by atoms with Crippen molar-refractivity contribution in [2.45, 2.75) is 0 Å². The number of nitrogens with one attached hydrogen (secondary N) is 1. The van der Waals surface area contributed by atoms with E-state index in [4.69, 9.17) is 26.8 Å². The second kappa shape index (κ2) is 15.3. The fourth-order valence-electron chi connectivity index (χ4n) is 2.00. The SMILES string of the molecule is COc1ccnc(Cl)n1.COc1ccnc(Nc2cnn(C)c2)n1.CS.Cn1cc(N)cn1. The molecule has 12 nitrogen and oxygen atoms in total. The normalized spacial score (nSPS) is 9.18. The second-order valence-corrected chi connectivity index (χ2v) is 6.10. The number of aromatic nitrogens is 8. The van der Waals surface area contributed by atoms with Gasteiger partial charge in [0.05, 0.1) is 38.0 Å². The van der Waals surface area contributed by atoms with Crippen LogP contribution in [-0.2, 0) is 14.1 Å².